The Balaban J connectivity index is 2.24. The third-order valence-corrected chi connectivity index (χ3v) is 2.84. The summed E-state index contributed by atoms with van der Waals surface area (Å²) >= 11 is 0. The summed E-state index contributed by atoms with van der Waals surface area (Å²) in [4.78, 5) is 4.09. The van der Waals surface area contributed by atoms with Gasteiger partial charge < -0.3 is 10.3 Å². The average molecular weight is 285 g/mol. The summed E-state index contributed by atoms with van der Waals surface area (Å²) < 4.78 is 42.9. The lowest BCUT2D eigenvalue weighted by molar-refractivity contribution is -0.137. The molecule has 4 nitrogen and oxygen atoms in total. The van der Waals surface area contributed by atoms with Crippen LogP contribution in [0, 0.1) is 5.92 Å². The third-order valence-electron chi connectivity index (χ3n) is 2.84. The van der Waals surface area contributed by atoms with E-state index in [-0.39, 0.29) is 17.3 Å². The fraction of sp³-hybridized carbons (Fsp3) is 0.385. The summed E-state index contributed by atoms with van der Waals surface area (Å²) in [6, 6.07) is 4.83. The molecule has 0 aliphatic rings. The second-order valence-corrected chi connectivity index (χ2v) is 4.64. The first kappa shape index (κ1) is 14.5. The van der Waals surface area contributed by atoms with Gasteiger partial charge in [0, 0.05) is 12.0 Å². The van der Waals surface area contributed by atoms with Crippen molar-refractivity contribution in [3.05, 3.63) is 35.7 Å². The first-order valence-corrected chi connectivity index (χ1v) is 6.10. The van der Waals surface area contributed by atoms with Crippen LogP contribution in [-0.2, 0) is 12.6 Å². The van der Waals surface area contributed by atoms with Crippen molar-refractivity contribution >= 4 is 0 Å². The first-order valence-electron chi connectivity index (χ1n) is 6.10. The fourth-order valence-corrected chi connectivity index (χ4v) is 1.67. The molecule has 20 heavy (non-hydrogen) atoms. The molecule has 2 rings (SSSR count). The smallest absolute Gasteiger partial charge is 0.339 e. The minimum atomic E-state index is -4.39. The van der Waals surface area contributed by atoms with E-state index < -0.39 is 11.7 Å². The molecule has 0 aliphatic carbocycles. The normalized spacial score (nSPS) is 13.4. The quantitative estimate of drug-likeness (QED) is 0.938. The van der Waals surface area contributed by atoms with Gasteiger partial charge in [-0.2, -0.15) is 18.2 Å². The van der Waals surface area contributed by atoms with Gasteiger partial charge in [0.2, 0.25) is 11.7 Å². The summed E-state index contributed by atoms with van der Waals surface area (Å²) in [7, 11) is 0. The van der Waals surface area contributed by atoms with E-state index in [1.54, 1.807) is 0 Å². The molecule has 0 aliphatic heterocycles. The van der Waals surface area contributed by atoms with Crippen molar-refractivity contribution in [1.29, 1.82) is 0 Å². The molecule has 0 saturated heterocycles. The lowest BCUT2D eigenvalue weighted by atomic mass is 10.1. The third kappa shape index (κ3) is 3.36. The molecule has 1 heterocycles. The zero-order valence-electron chi connectivity index (χ0n) is 10.8. The Bertz CT molecular complexity index is 580. The highest BCUT2D eigenvalue weighted by Gasteiger charge is 2.30. The van der Waals surface area contributed by atoms with E-state index in [9.17, 15) is 13.2 Å². The Morgan fingerprint density at radius 1 is 1.35 bits per heavy atom. The Morgan fingerprint density at radius 3 is 2.75 bits per heavy atom. The standard InChI is InChI=1S/C13H14F3N3O/c1-8(7-17)5-11-18-12(19-20-11)9-3-2-4-10(6-9)13(14,15)16/h2-4,6,8H,5,7,17H2,1H3. The molecule has 1 atom stereocenters. The minimum absolute atomic E-state index is 0.148. The average Bonchev–Trinajstić information content (AvgIpc) is 2.86. The summed E-state index contributed by atoms with van der Waals surface area (Å²) in [6.07, 6.45) is -3.89. The van der Waals surface area contributed by atoms with Crippen LogP contribution < -0.4 is 5.73 Å². The molecule has 2 aromatic rings. The molecule has 0 fully saturated rings. The zero-order chi connectivity index (χ0) is 14.8. The van der Waals surface area contributed by atoms with Crippen LogP contribution in [0.15, 0.2) is 28.8 Å². The van der Waals surface area contributed by atoms with Crippen molar-refractivity contribution in [1.82, 2.24) is 10.1 Å². The number of rotatable bonds is 4. The molecular weight excluding hydrogens is 271 g/mol. The van der Waals surface area contributed by atoms with Crippen molar-refractivity contribution in [2.75, 3.05) is 6.54 Å². The largest absolute Gasteiger partial charge is 0.416 e. The van der Waals surface area contributed by atoms with E-state index in [4.69, 9.17) is 10.3 Å². The van der Waals surface area contributed by atoms with Crippen LogP contribution in [0.3, 0.4) is 0 Å². The molecule has 0 saturated carbocycles. The molecule has 2 N–H and O–H groups in total. The Labute approximate surface area is 113 Å². The Kier molecular flexibility index (Phi) is 4.08. The van der Waals surface area contributed by atoms with Crippen molar-refractivity contribution in [3.8, 4) is 11.4 Å². The number of nitrogens with zero attached hydrogens (tertiary/aromatic N) is 2. The van der Waals surface area contributed by atoms with E-state index in [0.29, 0.717) is 18.9 Å². The number of hydrogen-bond acceptors (Lipinski definition) is 4. The summed E-state index contributed by atoms with van der Waals surface area (Å²) in [5.41, 5.74) is 5.02. The molecule has 0 spiro atoms. The number of nitrogens with two attached hydrogens (primary N) is 1. The van der Waals surface area contributed by atoms with E-state index in [1.807, 2.05) is 6.92 Å². The molecule has 0 radical (unpaired) electrons. The van der Waals surface area contributed by atoms with Gasteiger partial charge in [0.15, 0.2) is 0 Å². The van der Waals surface area contributed by atoms with Crippen LogP contribution in [0.2, 0.25) is 0 Å². The number of alkyl halides is 3. The van der Waals surface area contributed by atoms with Gasteiger partial charge in [0.1, 0.15) is 0 Å². The van der Waals surface area contributed by atoms with Gasteiger partial charge in [-0.25, -0.2) is 0 Å². The summed E-state index contributed by atoms with van der Waals surface area (Å²) in [5, 5.41) is 3.70. The summed E-state index contributed by atoms with van der Waals surface area (Å²) in [6.45, 7) is 2.40. The van der Waals surface area contributed by atoms with Gasteiger partial charge in [0.25, 0.3) is 0 Å². The van der Waals surface area contributed by atoms with Gasteiger partial charge >= 0.3 is 6.18 Å². The zero-order valence-corrected chi connectivity index (χ0v) is 10.8. The monoisotopic (exact) mass is 285 g/mol. The minimum Gasteiger partial charge on any atom is -0.339 e. The van der Waals surface area contributed by atoms with E-state index in [2.05, 4.69) is 10.1 Å². The van der Waals surface area contributed by atoms with Crippen molar-refractivity contribution in [2.45, 2.75) is 19.5 Å². The lowest BCUT2D eigenvalue weighted by Crippen LogP contribution is -2.13. The molecule has 7 heteroatoms. The molecule has 1 aromatic heterocycles. The Hall–Kier alpha value is -1.89. The van der Waals surface area contributed by atoms with E-state index >= 15 is 0 Å². The highest BCUT2D eigenvalue weighted by molar-refractivity contribution is 5.55. The Morgan fingerprint density at radius 2 is 2.10 bits per heavy atom. The highest BCUT2D eigenvalue weighted by atomic mass is 19.4. The second-order valence-electron chi connectivity index (χ2n) is 4.64. The van der Waals surface area contributed by atoms with Gasteiger partial charge in [-0.15, -0.1) is 0 Å². The van der Waals surface area contributed by atoms with Gasteiger partial charge in [-0.3, -0.25) is 0 Å². The van der Waals surface area contributed by atoms with Crippen LogP contribution in [0.5, 0.6) is 0 Å². The van der Waals surface area contributed by atoms with Crippen LogP contribution in [0.25, 0.3) is 11.4 Å². The summed E-state index contributed by atoms with van der Waals surface area (Å²) in [5.74, 6) is 0.690. The van der Waals surface area contributed by atoms with Gasteiger partial charge in [0.05, 0.1) is 5.56 Å². The maximum Gasteiger partial charge on any atom is 0.416 e. The van der Waals surface area contributed by atoms with Crippen molar-refractivity contribution in [2.24, 2.45) is 11.7 Å². The predicted octanol–water partition coefficient (Wildman–Crippen LogP) is 2.89. The van der Waals surface area contributed by atoms with Crippen LogP contribution in [0.4, 0.5) is 13.2 Å². The molecule has 108 valence electrons. The van der Waals surface area contributed by atoms with E-state index in [0.717, 1.165) is 12.1 Å². The molecule has 0 bridgehead atoms. The molecular formula is C13H14F3N3O. The lowest BCUT2D eigenvalue weighted by Gasteiger charge is -2.06. The maximum atomic E-state index is 12.6. The van der Waals surface area contributed by atoms with E-state index in [1.165, 1.54) is 12.1 Å². The number of halogens is 3. The predicted molar refractivity (Wildman–Crippen MR) is 66.7 cm³/mol. The molecule has 1 aromatic carbocycles. The van der Waals surface area contributed by atoms with Crippen LogP contribution in [-0.4, -0.2) is 16.7 Å². The van der Waals surface area contributed by atoms with Crippen molar-refractivity contribution < 1.29 is 17.7 Å². The number of benzene rings is 1. The maximum absolute atomic E-state index is 12.6. The second kappa shape index (κ2) is 5.62. The molecule has 1 unspecified atom stereocenters. The van der Waals surface area contributed by atoms with Crippen molar-refractivity contribution in [3.63, 3.8) is 0 Å². The topological polar surface area (TPSA) is 64.9 Å². The highest BCUT2D eigenvalue weighted by Crippen LogP contribution is 2.31. The fourth-order valence-electron chi connectivity index (χ4n) is 1.67. The van der Waals surface area contributed by atoms with Crippen LogP contribution in [0.1, 0.15) is 18.4 Å². The number of aromatic nitrogens is 2. The first-order chi connectivity index (χ1) is 9.40. The number of hydrogen-bond donors (Lipinski definition) is 1. The van der Waals surface area contributed by atoms with Crippen LogP contribution >= 0.6 is 0 Å². The van der Waals surface area contributed by atoms with Gasteiger partial charge in [-0.05, 0) is 24.6 Å². The SMILES string of the molecule is CC(CN)Cc1nc(-c2cccc(C(F)(F)F)c2)no1. The molecule has 0 amide bonds. The van der Waals surface area contributed by atoms with Gasteiger partial charge in [-0.1, -0.05) is 24.2 Å².